The van der Waals surface area contributed by atoms with Crippen molar-refractivity contribution in [3.8, 4) is 11.5 Å². The molecular formula is C20H20N2O3. The lowest BCUT2D eigenvalue weighted by molar-refractivity contribution is 0.102. The van der Waals surface area contributed by atoms with Crippen molar-refractivity contribution in [3.63, 3.8) is 0 Å². The Labute approximate surface area is 146 Å². The Morgan fingerprint density at radius 3 is 2.64 bits per heavy atom. The van der Waals surface area contributed by atoms with Gasteiger partial charge in [-0.15, -0.1) is 0 Å². The van der Waals surface area contributed by atoms with Crippen LogP contribution in [0.25, 0.3) is 10.8 Å². The van der Waals surface area contributed by atoms with E-state index in [0.29, 0.717) is 34.7 Å². The highest BCUT2D eigenvalue weighted by atomic mass is 16.5. The predicted octanol–water partition coefficient (Wildman–Crippen LogP) is 4.17. The minimum absolute atomic E-state index is 0.176. The summed E-state index contributed by atoms with van der Waals surface area (Å²) in [5, 5.41) is 14.3. The number of phenols is 1. The third-order valence-electron chi connectivity index (χ3n) is 3.88. The van der Waals surface area contributed by atoms with Gasteiger partial charge in [-0.1, -0.05) is 31.2 Å². The fraction of sp³-hybridized carbons (Fsp3) is 0.150. The number of fused-ring (bicyclic) bond motifs is 1. The average molecular weight is 336 g/mol. The highest BCUT2D eigenvalue weighted by molar-refractivity contribution is 6.10. The van der Waals surface area contributed by atoms with Gasteiger partial charge in [0.05, 0.1) is 12.3 Å². The van der Waals surface area contributed by atoms with Crippen molar-refractivity contribution < 1.29 is 14.6 Å². The van der Waals surface area contributed by atoms with Gasteiger partial charge in [-0.2, -0.15) is 0 Å². The molecule has 3 rings (SSSR count). The van der Waals surface area contributed by atoms with Gasteiger partial charge in [0, 0.05) is 22.0 Å². The van der Waals surface area contributed by atoms with E-state index in [1.54, 1.807) is 48.5 Å². The van der Waals surface area contributed by atoms with E-state index in [4.69, 9.17) is 10.5 Å². The Morgan fingerprint density at radius 2 is 1.88 bits per heavy atom. The molecule has 0 saturated carbocycles. The Morgan fingerprint density at radius 1 is 1.12 bits per heavy atom. The van der Waals surface area contributed by atoms with Gasteiger partial charge in [0.15, 0.2) is 0 Å². The molecule has 0 aliphatic heterocycles. The SMILES string of the molecule is CCCOc1ccc(C(=O)Nc2cccc3c(O)cccc23)cc1N. The van der Waals surface area contributed by atoms with Crippen molar-refractivity contribution in [2.45, 2.75) is 13.3 Å². The highest BCUT2D eigenvalue weighted by Gasteiger charge is 2.11. The molecule has 0 heterocycles. The maximum absolute atomic E-state index is 12.6. The number of nitrogens with two attached hydrogens (primary N) is 1. The predicted molar refractivity (Wildman–Crippen MR) is 100 cm³/mol. The van der Waals surface area contributed by atoms with Gasteiger partial charge in [0.25, 0.3) is 5.91 Å². The number of amides is 1. The molecule has 25 heavy (non-hydrogen) atoms. The average Bonchev–Trinajstić information content (AvgIpc) is 2.61. The standard InChI is InChI=1S/C20H20N2O3/c1-2-11-25-19-10-9-13(12-16(19)21)20(24)22-17-7-3-6-15-14(17)5-4-8-18(15)23/h3-10,12,23H,2,11,21H2,1H3,(H,22,24). The monoisotopic (exact) mass is 336 g/mol. The molecule has 0 saturated heterocycles. The highest BCUT2D eigenvalue weighted by Crippen LogP contribution is 2.30. The number of nitrogens with one attached hydrogen (secondary N) is 1. The third kappa shape index (κ3) is 3.50. The quantitative estimate of drug-likeness (QED) is 0.611. The molecule has 0 aromatic heterocycles. The molecule has 0 unspecified atom stereocenters. The largest absolute Gasteiger partial charge is 0.507 e. The van der Waals surface area contributed by atoms with Gasteiger partial charge in [0.2, 0.25) is 0 Å². The number of ether oxygens (including phenoxy) is 1. The van der Waals surface area contributed by atoms with Crippen LogP contribution in [0.15, 0.2) is 54.6 Å². The molecule has 0 bridgehead atoms. The van der Waals surface area contributed by atoms with Crippen LogP contribution in [0, 0.1) is 0 Å². The first kappa shape index (κ1) is 16.6. The Bertz CT molecular complexity index is 922. The molecule has 0 spiro atoms. The van der Waals surface area contributed by atoms with E-state index < -0.39 is 0 Å². The molecule has 0 radical (unpaired) electrons. The minimum Gasteiger partial charge on any atom is -0.507 e. The van der Waals surface area contributed by atoms with Crippen LogP contribution < -0.4 is 15.8 Å². The van der Waals surface area contributed by atoms with Crippen LogP contribution in [-0.4, -0.2) is 17.6 Å². The Kier molecular flexibility index (Phi) is 4.75. The van der Waals surface area contributed by atoms with Crippen molar-refractivity contribution in [2.75, 3.05) is 17.7 Å². The second-order valence-corrected chi connectivity index (χ2v) is 5.73. The lowest BCUT2D eigenvalue weighted by Crippen LogP contribution is -2.12. The van der Waals surface area contributed by atoms with E-state index >= 15 is 0 Å². The third-order valence-corrected chi connectivity index (χ3v) is 3.88. The zero-order chi connectivity index (χ0) is 17.8. The molecule has 0 fully saturated rings. The molecule has 5 nitrogen and oxygen atoms in total. The van der Waals surface area contributed by atoms with Crippen LogP contribution in [0.3, 0.4) is 0 Å². The number of aromatic hydroxyl groups is 1. The van der Waals surface area contributed by atoms with Gasteiger partial charge in [0.1, 0.15) is 11.5 Å². The molecule has 3 aromatic carbocycles. The molecule has 4 N–H and O–H groups in total. The summed E-state index contributed by atoms with van der Waals surface area (Å²) >= 11 is 0. The van der Waals surface area contributed by atoms with Gasteiger partial charge < -0.3 is 20.9 Å². The summed E-state index contributed by atoms with van der Waals surface area (Å²) in [5.41, 5.74) is 7.46. The van der Waals surface area contributed by atoms with Gasteiger partial charge in [-0.05, 0) is 36.8 Å². The first-order valence-corrected chi connectivity index (χ1v) is 8.14. The van der Waals surface area contributed by atoms with Crippen molar-refractivity contribution >= 4 is 28.1 Å². The first-order valence-electron chi connectivity index (χ1n) is 8.14. The van der Waals surface area contributed by atoms with Crippen molar-refractivity contribution in [1.29, 1.82) is 0 Å². The van der Waals surface area contributed by atoms with Crippen LogP contribution in [0.1, 0.15) is 23.7 Å². The molecule has 0 atom stereocenters. The van der Waals surface area contributed by atoms with E-state index in [-0.39, 0.29) is 11.7 Å². The zero-order valence-electron chi connectivity index (χ0n) is 14.0. The summed E-state index contributed by atoms with van der Waals surface area (Å²) in [6, 6.07) is 15.6. The Hall–Kier alpha value is -3.21. The zero-order valence-corrected chi connectivity index (χ0v) is 14.0. The first-order chi connectivity index (χ1) is 12.1. The molecule has 0 aliphatic rings. The minimum atomic E-state index is -0.274. The number of hydrogen-bond acceptors (Lipinski definition) is 4. The fourth-order valence-electron chi connectivity index (χ4n) is 2.63. The van der Waals surface area contributed by atoms with E-state index in [9.17, 15) is 9.90 Å². The van der Waals surface area contributed by atoms with E-state index in [1.807, 2.05) is 13.0 Å². The topological polar surface area (TPSA) is 84.6 Å². The van der Waals surface area contributed by atoms with Crippen LogP contribution in [-0.2, 0) is 0 Å². The van der Waals surface area contributed by atoms with Crippen LogP contribution in [0.2, 0.25) is 0 Å². The molecule has 0 aliphatic carbocycles. The summed E-state index contributed by atoms with van der Waals surface area (Å²) in [7, 11) is 0. The molecular weight excluding hydrogens is 316 g/mol. The summed E-state index contributed by atoms with van der Waals surface area (Å²) in [4.78, 5) is 12.6. The summed E-state index contributed by atoms with van der Waals surface area (Å²) < 4.78 is 5.53. The van der Waals surface area contributed by atoms with Gasteiger partial charge in [-0.3, -0.25) is 4.79 Å². The lowest BCUT2D eigenvalue weighted by Gasteiger charge is -2.12. The summed E-state index contributed by atoms with van der Waals surface area (Å²) in [6.45, 7) is 2.59. The second kappa shape index (κ2) is 7.13. The number of anilines is 2. The van der Waals surface area contributed by atoms with E-state index in [0.717, 1.165) is 11.8 Å². The number of benzene rings is 3. The number of nitrogen functional groups attached to an aromatic ring is 1. The molecule has 1 amide bonds. The molecule has 5 heteroatoms. The van der Waals surface area contributed by atoms with Crippen LogP contribution in [0.4, 0.5) is 11.4 Å². The van der Waals surface area contributed by atoms with E-state index in [1.165, 1.54) is 0 Å². The normalized spacial score (nSPS) is 10.6. The lowest BCUT2D eigenvalue weighted by atomic mass is 10.1. The number of rotatable bonds is 5. The molecule has 3 aromatic rings. The van der Waals surface area contributed by atoms with Crippen LogP contribution in [0.5, 0.6) is 11.5 Å². The molecule has 128 valence electrons. The fourth-order valence-corrected chi connectivity index (χ4v) is 2.63. The summed E-state index contributed by atoms with van der Waals surface area (Å²) in [5.74, 6) is 0.480. The van der Waals surface area contributed by atoms with Gasteiger partial charge >= 0.3 is 0 Å². The van der Waals surface area contributed by atoms with Crippen molar-refractivity contribution in [2.24, 2.45) is 0 Å². The number of phenolic OH excluding ortho intramolecular Hbond substituents is 1. The number of carbonyl (C=O) groups excluding carboxylic acids is 1. The van der Waals surface area contributed by atoms with Crippen molar-refractivity contribution in [3.05, 3.63) is 60.2 Å². The maximum Gasteiger partial charge on any atom is 0.255 e. The van der Waals surface area contributed by atoms with E-state index in [2.05, 4.69) is 5.32 Å². The summed E-state index contributed by atoms with van der Waals surface area (Å²) in [6.07, 6.45) is 0.885. The Balaban J connectivity index is 1.86. The smallest absolute Gasteiger partial charge is 0.255 e. The number of hydrogen-bond donors (Lipinski definition) is 3. The van der Waals surface area contributed by atoms with Gasteiger partial charge in [-0.25, -0.2) is 0 Å². The van der Waals surface area contributed by atoms with Crippen molar-refractivity contribution in [1.82, 2.24) is 0 Å². The number of carbonyl (C=O) groups is 1. The van der Waals surface area contributed by atoms with Crippen LogP contribution >= 0.6 is 0 Å². The maximum atomic E-state index is 12.6. The second-order valence-electron chi connectivity index (χ2n) is 5.73.